The average molecular weight is 377 g/mol. The van der Waals surface area contributed by atoms with Crippen LogP contribution in [-0.4, -0.2) is 51.5 Å². The van der Waals surface area contributed by atoms with E-state index in [4.69, 9.17) is 4.74 Å². The SMILES string of the molecule is O=C1O[C@@H](Cn2ccnn2)CN1c1cc(F)c(N2C=CC(O)CC2)cc1F. The fraction of sp³-hybridized carbons (Fsp3) is 0.353. The van der Waals surface area contributed by atoms with Gasteiger partial charge in [-0.2, -0.15) is 0 Å². The predicted octanol–water partition coefficient (Wildman–Crippen LogP) is 1.67. The number of carbonyl (C=O) groups is 1. The molecule has 2 aliphatic rings. The fourth-order valence-electron chi connectivity index (χ4n) is 3.15. The zero-order valence-corrected chi connectivity index (χ0v) is 14.2. The molecule has 1 amide bonds. The smallest absolute Gasteiger partial charge is 0.414 e. The van der Waals surface area contributed by atoms with Gasteiger partial charge in [0.2, 0.25) is 0 Å². The summed E-state index contributed by atoms with van der Waals surface area (Å²) in [6, 6.07) is 2.04. The third-order valence-electron chi connectivity index (χ3n) is 4.51. The number of aliphatic hydroxyl groups is 1. The molecule has 0 spiro atoms. The van der Waals surface area contributed by atoms with Crippen LogP contribution in [0.4, 0.5) is 25.0 Å². The predicted molar refractivity (Wildman–Crippen MR) is 91.1 cm³/mol. The molecule has 142 valence electrons. The van der Waals surface area contributed by atoms with E-state index in [-0.39, 0.29) is 24.5 Å². The van der Waals surface area contributed by atoms with Crippen LogP contribution in [0.3, 0.4) is 0 Å². The lowest BCUT2D eigenvalue weighted by Crippen LogP contribution is -2.29. The molecule has 1 unspecified atom stereocenters. The molecule has 1 aromatic heterocycles. The molecule has 27 heavy (non-hydrogen) atoms. The lowest BCUT2D eigenvalue weighted by atomic mass is 10.1. The zero-order valence-electron chi connectivity index (χ0n) is 14.2. The van der Waals surface area contributed by atoms with Crippen molar-refractivity contribution < 1.29 is 23.4 Å². The minimum Gasteiger partial charge on any atom is -0.442 e. The number of nitrogens with zero attached hydrogens (tertiary/aromatic N) is 5. The van der Waals surface area contributed by atoms with Crippen LogP contribution in [0.25, 0.3) is 0 Å². The van der Waals surface area contributed by atoms with E-state index in [9.17, 15) is 18.7 Å². The number of aliphatic hydroxyl groups excluding tert-OH is 1. The molecule has 2 aromatic rings. The first-order valence-corrected chi connectivity index (χ1v) is 8.45. The molecule has 2 atom stereocenters. The first-order chi connectivity index (χ1) is 13.0. The molecule has 1 fully saturated rings. The second-order valence-corrected chi connectivity index (χ2v) is 6.39. The number of rotatable bonds is 4. The third kappa shape index (κ3) is 3.47. The van der Waals surface area contributed by atoms with Crippen molar-refractivity contribution in [3.8, 4) is 0 Å². The largest absolute Gasteiger partial charge is 0.442 e. The Morgan fingerprint density at radius 1 is 1.26 bits per heavy atom. The summed E-state index contributed by atoms with van der Waals surface area (Å²) in [5.41, 5.74) is -0.130. The van der Waals surface area contributed by atoms with Crippen LogP contribution in [0.5, 0.6) is 0 Å². The molecule has 10 heteroatoms. The van der Waals surface area contributed by atoms with E-state index >= 15 is 0 Å². The maximum atomic E-state index is 14.6. The van der Waals surface area contributed by atoms with Crippen LogP contribution >= 0.6 is 0 Å². The van der Waals surface area contributed by atoms with Crippen molar-refractivity contribution in [1.82, 2.24) is 15.0 Å². The molecule has 3 heterocycles. The summed E-state index contributed by atoms with van der Waals surface area (Å²) in [6.45, 7) is 0.703. The molecule has 8 nitrogen and oxygen atoms in total. The average Bonchev–Trinajstić information content (AvgIpc) is 3.27. The third-order valence-corrected chi connectivity index (χ3v) is 4.51. The highest BCUT2D eigenvalue weighted by molar-refractivity contribution is 5.90. The number of amides is 1. The summed E-state index contributed by atoms with van der Waals surface area (Å²) in [4.78, 5) is 14.7. The number of aromatic nitrogens is 3. The topological polar surface area (TPSA) is 83.7 Å². The number of cyclic esters (lactones) is 1. The van der Waals surface area contributed by atoms with Crippen LogP contribution < -0.4 is 9.80 Å². The molecule has 0 aliphatic carbocycles. The Morgan fingerprint density at radius 2 is 2.04 bits per heavy atom. The molecule has 1 aromatic carbocycles. The molecule has 1 N–H and O–H groups in total. The Labute approximate surface area is 153 Å². The number of anilines is 2. The van der Waals surface area contributed by atoms with Crippen molar-refractivity contribution in [2.75, 3.05) is 22.9 Å². The Hall–Kier alpha value is -3.01. The van der Waals surface area contributed by atoms with Gasteiger partial charge >= 0.3 is 6.09 Å². The minimum atomic E-state index is -0.743. The highest BCUT2D eigenvalue weighted by Gasteiger charge is 2.35. The Bertz CT molecular complexity index is 874. The summed E-state index contributed by atoms with van der Waals surface area (Å²) in [5, 5.41) is 16.9. The quantitative estimate of drug-likeness (QED) is 0.873. The van der Waals surface area contributed by atoms with Crippen LogP contribution in [0.1, 0.15) is 6.42 Å². The molecular formula is C17H17F2N5O3. The summed E-state index contributed by atoms with van der Waals surface area (Å²) in [6.07, 6.45) is 4.69. The normalized spacial score (nSPS) is 22.4. The van der Waals surface area contributed by atoms with Gasteiger partial charge in [0.15, 0.2) is 0 Å². The molecule has 0 saturated carbocycles. The van der Waals surface area contributed by atoms with E-state index < -0.39 is 29.9 Å². The van der Waals surface area contributed by atoms with E-state index in [1.54, 1.807) is 6.20 Å². The van der Waals surface area contributed by atoms with Gasteiger partial charge in [-0.15, -0.1) is 5.10 Å². The van der Waals surface area contributed by atoms with Gasteiger partial charge in [0.1, 0.15) is 17.7 Å². The Kier molecular flexibility index (Phi) is 4.48. The van der Waals surface area contributed by atoms with E-state index in [1.165, 1.54) is 28.1 Å². The lowest BCUT2D eigenvalue weighted by Gasteiger charge is -2.27. The molecule has 1 saturated heterocycles. The Balaban J connectivity index is 1.54. The van der Waals surface area contributed by atoms with Crippen molar-refractivity contribution in [1.29, 1.82) is 0 Å². The van der Waals surface area contributed by atoms with Gasteiger partial charge in [-0.3, -0.25) is 4.90 Å². The van der Waals surface area contributed by atoms with Crippen LogP contribution in [0, 0.1) is 11.6 Å². The summed E-state index contributed by atoms with van der Waals surface area (Å²) in [7, 11) is 0. The van der Waals surface area contributed by atoms with Crippen molar-refractivity contribution in [2.45, 2.75) is 25.2 Å². The minimum absolute atomic E-state index is 0.0473. The molecule has 0 radical (unpaired) electrons. The molecule has 2 aliphatic heterocycles. The second kappa shape index (κ2) is 6.95. The van der Waals surface area contributed by atoms with Crippen molar-refractivity contribution in [3.05, 3.63) is 48.4 Å². The molecule has 0 bridgehead atoms. The van der Waals surface area contributed by atoms with Crippen LogP contribution in [-0.2, 0) is 11.3 Å². The van der Waals surface area contributed by atoms with Crippen LogP contribution in [0.2, 0.25) is 0 Å². The fourth-order valence-corrected chi connectivity index (χ4v) is 3.15. The zero-order chi connectivity index (χ0) is 19.0. The van der Waals surface area contributed by atoms with E-state index in [0.29, 0.717) is 13.0 Å². The first-order valence-electron chi connectivity index (χ1n) is 8.45. The number of benzene rings is 1. The number of halogens is 2. The molecular weight excluding hydrogens is 360 g/mol. The number of hydrogen-bond donors (Lipinski definition) is 1. The van der Waals surface area contributed by atoms with E-state index in [0.717, 1.165) is 17.0 Å². The maximum absolute atomic E-state index is 14.6. The van der Waals surface area contributed by atoms with Gasteiger partial charge in [-0.25, -0.2) is 18.3 Å². The number of carbonyl (C=O) groups excluding carboxylic acids is 1. The standard InChI is InChI=1S/C17H17F2N5O3/c18-13-8-16(14(19)7-15(13)22-4-1-11(25)2-5-22)24-10-12(27-17(24)26)9-23-6-3-20-21-23/h1,3-4,6-8,11-12,25H,2,5,9-10H2/t11?,12-/m0/s1. The van der Waals surface area contributed by atoms with Gasteiger partial charge in [-0.1, -0.05) is 5.21 Å². The lowest BCUT2D eigenvalue weighted by molar-refractivity contribution is 0.129. The van der Waals surface area contributed by atoms with Gasteiger partial charge in [-0.05, 0) is 12.5 Å². The van der Waals surface area contributed by atoms with Crippen LogP contribution in [0.15, 0.2) is 36.8 Å². The van der Waals surface area contributed by atoms with E-state index in [1.807, 2.05) is 0 Å². The molecule has 4 rings (SSSR count). The summed E-state index contributed by atoms with van der Waals surface area (Å²) < 4.78 is 35.9. The number of hydrogen-bond acceptors (Lipinski definition) is 6. The van der Waals surface area contributed by atoms with Crippen molar-refractivity contribution in [3.63, 3.8) is 0 Å². The van der Waals surface area contributed by atoms with E-state index in [2.05, 4.69) is 10.3 Å². The maximum Gasteiger partial charge on any atom is 0.414 e. The van der Waals surface area contributed by atoms with Crippen molar-refractivity contribution >= 4 is 17.5 Å². The summed E-state index contributed by atoms with van der Waals surface area (Å²) in [5.74, 6) is -1.40. The van der Waals surface area contributed by atoms with Gasteiger partial charge in [0.25, 0.3) is 0 Å². The van der Waals surface area contributed by atoms with Crippen molar-refractivity contribution in [2.24, 2.45) is 0 Å². The number of ether oxygens (including phenoxy) is 1. The second-order valence-electron chi connectivity index (χ2n) is 6.39. The van der Waals surface area contributed by atoms with Gasteiger partial charge < -0.3 is 14.7 Å². The van der Waals surface area contributed by atoms with Gasteiger partial charge in [0, 0.05) is 31.1 Å². The Morgan fingerprint density at radius 3 is 2.74 bits per heavy atom. The monoisotopic (exact) mass is 377 g/mol. The first kappa shape index (κ1) is 17.4. The summed E-state index contributed by atoms with van der Waals surface area (Å²) >= 11 is 0. The highest BCUT2D eigenvalue weighted by Crippen LogP contribution is 2.32. The van der Waals surface area contributed by atoms with Gasteiger partial charge in [0.05, 0.1) is 36.8 Å². The highest BCUT2D eigenvalue weighted by atomic mass is 19.1.